The Balaban J connectivity index is 1.71. The van der Waals surface area contributed by atoms with E-state index in [9.17, 15) is 9.90 Å². The van der Waals surface area contributed by atoms with Crippen molar-refractivity contribution in [1.29, 1.82) is 0 Å². The highest BCUT2D eigenvalue weighted by Crippen LogP contribution is 2.49. The SMILES string of the molecule is O=C(CC1(CS)CC1)NCC1CCCCC1CO. The molecule has 0 bridgehead atoms. The lowest BCUT2D eigenvalue weighted by molar-refractivity contribution is -0.122. The van der Waals surface area contributed by atoms with Crippen molar-refractivity contribution in [3.05, 3.63) is 0 Å². The van der Waals surface area contributed by atoms with E-state index >= 15 is 0 Å². The van der Waals surface area contributed by atoms with Crippen molar-refractivity contribution < 1.29 is 9.90 Å². The van der Waals surface area contributed by atoms with Gasteiger partial charge in [-0.15, -0.1) is 0 Å². The van der Waals surface area contributed by atoms with Gasteiger partial charge in [-0.25, -0.2) is 0 Å². The summed E-state index contributed by atoms with van der Waals surface area (Å²) < 4.78 is 0. The summed E-state index contributed by atoms with van der Waals surface area (Å²) in [6.07, 6.45) is 7.63. The molecule has 0 saturated heterocycles. The van der Waals surface area contributed by atoms with Gasteiger partial charge in [0, 0.05) is 19.6 Å². The van der Waals surface area contributed by atoms with E-state index < -0.39 is 0 Å². The molecule has 0 aliphatic heterocycles. The molecule has 18 heavy (non-hydrogen) atoms. The first-order valence-electron chi connectivity index (χ1n) is 7.17. The minimum Gasteiger partial charge on any atom is -0.396 e. The van der Waals surface area contributed by atoms with Crippen molar-refractivity contribution in [2.75, 3.05) is 18.9 Å². The predicted octanol–water partition coefficient (Wildman–Crippen LogP) is 2.00. The van der Waals surface area contributed by atoms with Crippen molar-refractivity contribution in [2.45, 2.75) is 44.9 Å². The third-order valence-electron chi connectivity index (χ3n) is 4.69. The van der Waals surface area contributed by atoms with Crippen LogP contribution in [-0.2, 0) is 4.79 Å². The first-order chi connectivity index (χ1) is 8.69. The van der Waals surface area contributed by atoms with Crippen LogP contribution in [0.15, 0.2) is 0 Å². The number of carbonyl (C=O) groups is 1. The van der Waals surface area contributed by atoms with E-state index in [0.717, 1.165) is 38.0 Å². The number of aliphatic hydroxyl groups excluding tert-OH is 1. The molecule has 0 aromatic rings. The van der Waals surface area contributed by atoms with Crippen LogP contribution >= 0.6 is 12.6 Å². The molecule has 104 valence electrons. The molecule has 4 heteroatoms. The summed E-state index contributed by atoms with van der Waals surface area (Å²) in [5.41, 5.74) is 0.205. The van der Waals surface area contributed by atoms with Gasteiger partial charge in [-0.1, -0.05) is 12.8 Å². The van der Waals surface area contributed by atoms with Crippen LogP contribution in [0.2, 0.25) is 0 Å². The smallest absolute Gasteiger partial charge is 0.220 e. The van der Waals surface area contributed by atoms with Gasteiger partial charge in [0.05, 0.1) is 0 Å². The third-order valence-corrected chi connectivity index (χ3v) is 5.36. The molecule has 2 N–H and O–H groups in total. The zero-order valence-corrected chi connectivity index (χ0v) is 11.9. The topological polar surface area (TPSA) is 49.3 Å². The lowest BCUT2D eigenvalue weighted by Gasteiger charge is -2.30. The monoisotopic (exact) mass is 271 g/mol. The molecule has 2 atom stereocenters. The Kier molecular flexibility index (Phi) is 4.96. The summed E-state index contributed by atoms with van der Waals surface area (Å²) in [5.74, 6) is 1.85. The molecule has 0 heterocycles. The number of hydrogen-bond acceptors (Lipinski definition) is 3. The maximum Gasteiger partial charge on any atom is 0.220 e. The molecule has 0 spiro atoms. The van der Waals surface area contributed by atoms with Gasteiger partial charge in [0.15, 0.2) is 0 Å². The number of nitrogens with one attached hydrogen (secondary N) is 1. The molecule has 3 nitrogen and oxygen atoms in total. The van der Waals surface area contributed by atoms with Gasteiger partial charge in [0.1, 0.15) is 0 Å². The number of amides is 1. The minimum absolute atomic E-state index is 0.170. The number of hydrogen-bond donors (Lipinski definition) is 3. The van der Waals surface area contributed by atoms with Gasteiger partial charge in [-0.3, -0.25) is 4.79 Å². The Morgan fingerprint density at radius 2 is 1.94 bits per heavy atom. The van der Waals surface area contributed by atoms with Crippen LogP contribution in [-0.4, -0.2) is 29.9 Å². The Morgan fingerprint density at radius 1 is 1.28 bits per heavy atom. The Morgan fingerprint density at radius 3 is 2.50 bits per heavy atom. The second-order valence-electron chi connectivity index (χ2n) is 6.13. The lowest BCUT2D eigenvalue weighted by atomic mass is 9.79. The summed E-state index contributed by atoms with van der Waals surface area (Å²) in [6, 6.07) is 0. The third kappa shape index (κ3) is 3.64. The van der Waals surface area contributed by atoms with Crippen LogP contribution in [0.3, 0.4) is 0 Å². The Labute approximate surface area is 115 Å². The van der Waals surface area contributed by atoms with E-state index in [0.29, 0.717) is 18.3 Å². The van der Waals surface area contributed by atoms with Crippen LogP contribution < -0.4 is 5.32 Å². The molecule has 2 saturated carbocycles. The van der Waals surface area contributed by atoms with Crippen molar-refractivity contribution in [3.8, 4) is 0 Å². The second kappa shape index (κ2) is 6.29. The summed E-state index contributed by atoms with van der Waals surface area (Å²) in [5, 5.41) is 12.4. The maximum atomic E-state index is 11.9. The molecule has 0 radical (unpaired) electrons. The highest BCUT2D eigenvalue weighted by molar-refractivity contribution is 7.80. The average molecular weight is 271 g/mol. The van der Waals surface area contributed by atoms with Gasteiger partial charge >= 0.3 is 0 Å². The largest absolute Gasteiger partial charge is 0.396 e. The Hall–Kier alpha value is -0.220. The highest BCUT2D eigenvalue weighted by Gasteiger charge is 2.42. The van der Waals surface area contributed by atoms with Crippen LogP contribution in [0.1, 0.15) is 44.9 Å². The molecule has 2 aliphatic carbocycles. The van der Waals surface area contributed by atoms with E-state index in [4.69, 9.17) is 0 Å². The zero-order valence-electron chi connectivity index (χ0n) is 11.0. The van der Waals surface area contributed by atoms with E-state index in [-0.39, 0.29) is 17.9 Å². The number of carbonyl (C=O) groups excluding carboxylic acids is 1. The molecule has 2 unspecified atom stereocenters. The summed E-state index contributed by atoms with van der Waals surface area (Å²) in [4.78, 5) is 11.9. The highest BCUT2D eigenvalue weighted by atomic mass is 32.1. The molecule has 2 fully saturated rings. The summed E-state index contributed by atoms with van der Waals surface area (Å²) in [6.45, 7) is 1.01. The normalized spacial score (nSPS) is 29.9. The van der Waals surface area contributed by atoms with E-state index in [1.807, 2.05) is 0 Å². The quantitative estimate of drug-likeness (QED) is 0.647. The molecule has 2 aliphatic rings. The zero-order chi connectivity index (χ0) is 13.0. The molecule has 1 amide bonds. The molecular weight excluding hydrogens is 246 g/mol. The fraction of sp³-hybridized carbons (Fsp3) is 0.929. The Bertz CT molecular complexity index is 292. The summed E-state index contributed by atoms with van der Waals surface area (Å²) >= 11 is 4.32. The standard InChI is InChI=1S/C14H25NO2S/c16-9-12-4-2-1-3-11(12)8-15-13(17)7-14(10-18)5-6-14/h11-12,16,18H,1-10H2,(H,15,17). The summed E-state index contributed by atoms with van der Waals surface area (Å²) in [7, 11) is 0. The molecule has 0 aromatic heterocycles. The van der Waals surface area contributed by atoms with Crippen molar-refractivity contribution in [3.63, 3.8) is 0 Å². The second-order valence-corrected chi connectivity index (χ2v) is 6.44. The van der Waals surface area contributed by atoms with Crippen LogP contribution in [0.25, 0.3) is 0 Å². The van der Waals surface area contributed by atoms with Gasteiger partial charge < -0.3 is 10.4 Å². The average Bonchev–Trinajstić information content (AvgIpc) is 3.17. The van der Waals surface area contributed by atoms with Gasteiger partial charge in [0.2, 0.25) is 5.91 Å². The fourth-order valence-electron chi connectivity index (χ4n) is 3.01. The number of rotatable bonds is 6. The van der Waals surface area contributed by atoms with Crippen molar-refractivity contribution in [2.24, 2.45) is 17.3 Å². The van der Waals surface area contributed by atoms with Crippen LogP contribution in [0.5, 0.6) is 0 Å². The maximum absolute atomic E-state index is 11.9. The molecule has 0 aromatic carbocycles. The predicted molar refractivity (Wildman–Crippen MR) is 75.7 cm³/mol. The molecular formula is C14H25NO2S. The fourth-order valence-corrected chi connectivity index (χ4v) is 3.44. The van der Waals surface area contributed by atoms with Gasteiger partial charge in [-0.2, -0.15) is 12.6 Å². The minimum atomic E-state index is 0.170. The van der Waals surface area contributed by atoms with E-state index in [1.54, 1.807) is 0 Å². The van der Waals surface area contributed by atoms with Gasteiger partial charge in [0.25, 0.3) is 0 Å². The van der Waals surface area contributed by atoms with Crippen LogP contribution in [0.4, 0.5) is 0 Å². The van der Waals surface area contributed by atoms with E-state index in [1.165, 1.54) is 12.8 Å². The number of aliphatic hydroxyl groups is 1. The lowest BCUT2D eigenvalue weighted by Crippen LogP contribution is -2.36. The van der Waals surface area contributed by atoms with Gasteiger partial charge in [-0.05, 0) is 48.7 Å². The molecule has 2 rings (SSSR count). The van der Waals surface area contributed by atoms with Crippen molar-refractivity contribution in [1.82, 2.24) is 5.32 Å². The van der Waals surface area contributed by atoms with E-state index in [2.05, 4.69) is 17.9 Å². The first-order valence-corrected chi connectivity index (χ1v) is 7.81. The first kappa shape index (κ1) is 14.2. The van der Waals surface area contributed by atoms with Crippen LogP contribution in [0, 0.1) is 17.3 Å². The van der Waals surface area contributed by atoms with Crippen molar-refractivity contribution >= 4 is 18.5 Å². The number of thiol groups is 1.